The van der Waals surface area contributed by atoms with Crippen molar-refractivity contribution in [2.24, 2.45) is 11.8 Å². The summed E-state index contributed by atoms with van der Waals surface area (Å²) in [6.07, 6.45) is 12.8. The molecule has 0 bridgehead atoms. The fraction of sp³-hybridized carbons (Fsp3) is 0.923. The van der Waals surface area contributed by atoms with Crippen LogP contribution in [0.1, 0.15) is 44.9 Å². The van der Waals surface area contributed by atoms with Crippen molar-refractivity contribution in [1.82, 2.24) is 4.90 Å². The van der Waals surface area contributed by atoms with Crippen LogP contribution in [0.3, 0.4) is 0 Å². The highest BCUT2D eigenvalue weighted by Gasteiger charge is 2.42. The second-order valence-corrected chi connectivity index (χ2v) is 5.40. The van der Waals surface area contributed by atoms with Crippen LogP contribution in [-0.2, 0) is 0 Å². The average molecular weight is 192 g/mol. The van der Waals surface area contributed by atoms with Gasteiger partial charge in [0.1, 0.15) is 0 Å². The first-order valence-corrected chi connectivity index (χ1v) is 6.51. The molecule has 2 unspecified atom stereocenters. The van der Waals surface area contributed by atoms with E-state index in [1.807, 2.05) is 0 Å². The molecule has 0 aromatic rings. The Balaban J connectivity index is 1.55. The molecule has 1 aliphatic heterocycles. The fourth-order valence-electron chi connectivity index (χ4n) is 3.48. The third-order valence-electron chi connectivity index (χ3n) is 4.76. The molecular weight excluding hydrogens is 170 g/mol. The molecular formula is C13H22N. The first-order chi connectivity index (χ1) is 6.95. The molecule has 14 heavy (non-hydrogen) atoms. The molecule has 0 N–H and O–H groups in total. The van der Waals surface area contributed by atoms with E-state index in [0.29, 0.717) is 0 Å². The lowest BCUT2D eigenvalue weighted by atomic mass is 9.63. The quantitative estimate of drug-likeness (QED) is 0.650. The summed E-state index contributed by atoms with van der Waals surface area (Å²) in [4.78, 5) is 2.78. The van der Waals surface area contributed by atoms with Crippen molar-refractivity contribution in [3.8, 4) is 0 Å². The van der Waals surface area contributed by atoms with Gasteiger partial charge in [0, 0.05) is 6.04 Å². The summed E-state index contributed by atoms with van der Waals surface area (Å²) < 4.78 is 0. The van der Waals surface area contributed by atoms with E-state index in [-0.39, 0.29) is 0 Å². The van der Waals surface area contributed by atoms with Gasteiger partial charge in [-0.2, -0.15) is 0 Å². The lowest BCUT2D eigenvalue weighted by Crippen LogP contribution is -2.52. The van der Waals surface area contributed by atoms with Crippen molar-refractivity contribution in [3.05, 3.63) is 6.42 Å². The van der Waals surface area contributed by atoms with Crippen molar-refractivity contribution in [1.29, 1.82) is 0 Å². The first kappa shape index (κ1) is 9.21. The zero-order valence-corrected chi connectivity index (χ0v) is 9.12. The van der Waals surface area contributed by atoms with Gasteiger partial charge in [-0.05, 0) is 57.0 Å². The third-order valence-corrected chi connectivity index (χ3v) is 4.76. The molecule has 2 saturated carbocycles. The molecule has 1 saturated heterocycles. The summed E-state index contributed by atoms with van der Waals surface area (Å²) in [5.41, 5.74) is 0. The van der Waals surface area contributed by atoms with Gasteiger partial charge in [0.25, 0.3) is 0 Å². The minimum atomic E-state index is 0.994. The maximum atomic E-state index is 2.78. The molecule has 79 valence electrons. The maximum absolute atomic E-state index is 2.78. The number of nitrogens with zero attached hydrogens (tertiary/aromatic N) is 1. The van der Waals surface area contributed by atoms with Crippen LogP contribution in [-0.4, -0.2) is 24.0 Å². The molecule has 2 atom stereocenters. The van der Waals surface area contributed by atoms with Crippen LogP contribution >= 0.6 is 0 Å². The Hall–Kier alpha value is -0.0400. The van der Waals surface area contributed by atoms with Gasteiger partial charge in [-0.1, -0.05) is 19.3 Å². The lowest BCUT2D eigenvalue weighted by Gasteiger charge is -2.51. The summed E-state index contributed by atoms with van der Waals surface area (Å²) >= 11 is 0. The minimum absolute atomic E-state index is 0.994. The zero-order valence-electron chi connectivity index (χ0n) is 9.12. The maximum Gasteiger partial charge on any atom is 0.0126 e. The van der Waals surface area contributed by atoms with Crippen LogP contribution in [0.5, 0.6) is 0 Å². The summed E-state index contributed by atoms with van der Waals surface area (Å²) in [5.74, 6) is 2.22. The lowest BCUT2D eigenvalue weighted by molar-refractivity contribution is -0.00299. The Bertz CT molecular complexity index is 189. The van der Waals surface area contributed by atoms with Gasteiger partial charge in [0.05, 0.1) is 0 Å². The number of hydrogen-bond acceptors (Lipinski definition) is 1. The average Bonchev–Trinajstić information content (AvgIpc) is 2.11. The van der Waals surface area contributed by atoms with E-state index < -0.39 is 0 Å². The summed E-state index contributed by atoms with van der Waals surface area (Å²) in [6, 6.07) is 0.994. The molecule has 0 aromatic heterocycles. The number of piperidine rings is 1. The fourth-order valence-corrected chi connectivity index (χ4v) is 3.48. The first-order valence-electron chi connectivity index (χ1n) is 6.51. The van der Waals surface area contributed by atoms with Crippen LogP contribution in [0.25, 0.3) is 0 Å². The normalized spacial score (nSPS) is 40.3. The second kappa shape index (κ2) is 3.84. The van der Waals surface area contributed by atoms with Gasteiger partial charge in [-0.25, -0.2) is 0 Å². The van der Waals surface area contributed by atoms with Crippen LogP contribution in [0.15, 0.2) is 0 Å². The van der Waals surface area contributed by atoms with Gasteiger partial charge < -0.3 is 4.90 Å². The molecule has 0 amide bonds. The Morgan fingerprint density at radius 1 is 0.929 bits per heavy atom. The molecule has 1 heterocycles. The monoisotopic (exact) mass is 192 g/mol. The van der Waals surface area contributed by atoms with Gasteiger partial charge >= 0.3 is 0 Å². The van der Waals surface area contributed by atoms with E-state index >= 15 is 0 Å². The molecule has 3 aliphatic rings. The van der Waals surface area contributed by atoms with Crippen LogP contribution < -0.4 is 0 Å². The number of hydrogen-bond donors (Lipinski definition) is 0. The van der Waals surface area contributed by atoms with E-state index in [1.54, 1.807) is 12.8 Å². The number of rotatable bonds is 2. The van der Waals surface area contributed by atoms with E-state index in [4.69, 9.17) is 0 Å². The van der Waals surface area contributed by atoms with Crippen molar-refractivity contribution >= 4 is 0 Å². The molecule has 1 heteroatoms. The highest BCUT2D eigenvalue weighted by molar-refractivity contribution is 4.96. The molecule has 1 nitrogen and oxygen atoms in total. The smallest absolute Gasteiger partial charge is 0.0126 e. The Labute approximate surface area is 87.9 Å². The zero-order chi connectivity index (χ0) is 9.38. The van der Waals surface area contributed by atoms with Gasteiger partial charge in [-0.15, -0.1) is 0 Å². The summed E-state index contributed by atoms with van der Waals surface area (Å²) in [6.45, 7) is 2.71. The van der Waals surface area contributed by atoms with Crippen molar-refractivity contribution in [3.63, 3.8) is 0 Å². The van der Waals surface area contributed by atoms with Crippen LogP contribution in [0.2, 0.25) is 0 Å². The van der Waals surface area contributed by atoms with Crippen molar-refractivity contribution in [2.45, 2.75) is 51.0 Å². The van der Waals surface area contributed by atoms with Gasteiger partial charge in [-0.3, -0.25) is 0 Å². The molecule has 0 aromatic carbocycles. The van der Waals surface area contributed by atoms with Gasteiger partial charge in [0.15, 0.2) is 0 Å². The molecule has 0 spiro atoms. The predicted octanol–water partition coefficient (Wildman–Crippen LogP) is 2.87. The van der Waals surface area contributed by atoms with E-state index in [2.05, 4.69) is 11.3 Å². The van der Waals surface area contributed by atoms with E-state index in [1.165, 1.54) is 45.2 Å². The Morgan fingerprint density at radius 3 is 2.21 bits per heavy atom. The summed E-state index contributed by atoms with van der Waals surface area (Å²) in [7, 11) is 0. The van der Waals surface area contributed by atoms with Crippen LogP contribution in [0.4, 0.5) is 0 Å². The highest BCUT2D eigenvalue weighted by atomic mass is 15.2. The Kier molecular flexibility index (Phi) is 2.53. The molecule has 1 radical (unpaired) electrons. The predicted molar refractivity (Wildman–Crippen MR) is 59.0 cm³/mol. The van der Waals surface area contributed by atoms with Crippen LogP contribution in [0, 0.1) is 18.3 Å². The molecule has 3 fully saturated rings. The number of likely N-dealkylation sites (tertiary alicyclic amines) is 1. The standard InChI is InChI=1S/C13H22N/c1-2-9-14(10-3-1)13-8-7-12(13)11-5-4-6-11/h1,11-13H,2-10H2. The van der Waals surface area contributed by atoms with Crippen molar-refractivity contribution in [2.75, 3.05) is 13.1 Å². The van der Waals surface area contributed by atoms with E-state index in [0.717, 1.165) is 17.9 Å². The van der Waals surface area contributed by atoms with Gasteiger partial charge in [0.2, 0.25) is 0 Å². The molecule has 2 aliphatic carbocycles. The summed E-state index contributed by atoms with van der Waals surface area (Å²) in [5, 5.41) is 0. The van der Waals surface area contributed by atoms with Crippen molar-refractivity contribution < 1.29 is 0 Å². The Morgan fingerprint density at radius 2 is 1.71 bits per heavy atom. The van der Waals surface area contributed by atoms with E-state index in [9.17, 15) is 0 Å². The topological polar surface area (TPSA) is 3.24 Å². The second-order valence-electron chi connectivity index (χ2n) is 5.40. The third kappa shape index (κ3) is 1.50. The minimum Gasteiger partial charge on any atom is -0.300 e. The SMILES string of the molecule is [CH]1CCN(C2CCC2C2CCC2)CC1. The largest absolute Gasteiger partial charge is 0.300 e. The molecule has 3 rings (SSSR count). The highest BCUT2D eigenvalue weighted by Crippen LogP contribution is 2.46.